The van der Waals surface area contributed by atoms with Crippen molar-refractivity contribution in [3.63, 3.8) is 0 Å². The fourth-order valence-electron chi connectivity index (χ4n) is 1.87. The van der Waals surface area contributed by atoms with E-state index in [9.17, 15) is 19.8 Å². The quantitative estimate of drug-likeness (QED) is 0.188. The van der Waals surface area contributed by atoms with Crippen LogP contribution >= 0.6 is 0 Å². The number of hydrogen-bond donors (Lipinski definition) is 2. The van der Waals surface area contributed by atoms with Crippen LogP contribution in [-0.4, -0.2) is 60.7 Å². The molecule has 0 atom stereocenters. The molecule has 132 valence electrons. The van der Waals surface area contributed by atoms with Crippen LogP contribution < -0.4 is 20.8 Å². The Labute approximate surface area is 202 Å². The number of nitrogens with zero attached hydrogens (tertiary/aromatic N) is 6. The molecule has 2 N–H and O–H groups in total. The first-order valence-corrected chi connectivity index (χ1v) is 6.66. The summed E-state index contributed by atoms with van der Waals surface area (Å²) in [5.74, 6) is -3.53. The van der Waals surface area contributed by atoms with Gasteiger partial charge in [-0.25, -0.2) is 0 Å². The van der Waals surface area contributed by atoms with Gasteiger partial charge in [0.05, 0.1) is 22.3 Å². The Morgan fingerprint density at radius 2 is 0.931 bits per heavy atom. The molecular weight excluding hydrogens is 506 g/mol. The minimum absolute atomic E-state index is 0. The van der Waals surface area contributed by atoms with Gasteiger partial charge in [0.1, 0.15) is 47.6 Å². The summed E-state index contributed by atoms with van der Waals surface area (Å²) in [5, 5.41) is 76.3. The number of allylic oxidation sites excluding steroid dienone is 2. The van der Waals surface area contributed by atoms with E-state index in [4.69, 9.17) is 31.6 Å². The summed E-state index contributed by atoms with van der Waals surface area (Å²) in [5.41, 5.74) is -2.94. The number of hydrogen-bond acceptors (Lipinski definition) is 10. The van der Waals surface area contributed by atoms with Gasteiger partial charge in [-0.05, 0) is 11.8 Å². The van der Waals surface area contributed by atoms with Crippen LogP contribution in [0.25, 0.3) is 0 Å². The molecule has 2 aliphatic rings. The van der Waals surface area contributed by atoms with Crippen molar-refractivity contribution in [1.29, 1.82) is 31.6 Å². The Balaban J connectivity index is 0.000000523. The van der Waals surface area contributed by atoms with Crippen LogP contribution in [-0.2, 0) is 9.59 Å². The Kier molecular flexibility index (Phi) is 9.48. The van der Waals surface area contributed by atoms with Crippen LogP contribution in [0.15, 0.2) is 45.2 Å². The second kappa shape index (κ2) is 11.0. The van der Waals surface area contributed by atoms with E-state index in [1.54, 1.807) is 0 Å². The van der Waals surface area contributed by atoms with E-state index in [0.29, 0.717) is 0 Å². The molecule has 29 heavy (non-hydrogen) atoms. The maximum absolute atomic E-state index is 11.0. The predicted molar refractivity (Wildman–Crippen MR) is 83.8 cm³/mol. The third-order valence-corrected chi connectivity index (χ3v) is 3.03. The largest absolute Gasteiger partial charge is 2.00 e. The third-order valence-electron chi connectivity index (χ3n) is 3.03. The van der Waals surface area contributed by atoms with E-state index in [0.717, 1.165) is 0 Å². The van der Waals surface area contributed by atoms with Crippen LogP contribution in [0.5, 0.6) is 0 Å². The van der Waals surface area contributed by atoms with E-state index >= 15 is 0 Å². The van der Waals surface area contributed by atoms with Gasteiger partial charge < -0.3 is 20.8 Å². The minimum Gasteiger partial charge on any atom is -0.859 e. The normalized spacial score (nSPS) is 13.6. The van der Waals surface area contributed by atoms with Crippen LogP contribution in [0.4, 0.5) is 0 Å². The monoisotopic (exact) mass is 508 g/mol. The third kappa shape index (κ3) is 5.05. The molecule has 0 aliphatic carbocycles. The Morgan fingerprint density at radius 1 is 0.655 bits per heavy atom. The number of nitriles is 6. The van der Waals surface area contributed by atoms with Crippen LogP contribution in [0, 0.1) is 68.0 Å². The maximum Gasteiger partial charge on any atom is 2.00 e. The molecule has 2 rings (SSSR count). The molecule has 0 radical (unpaired) electrons. The molecule has 0 saturated carbocycles. The van der Waals surface area contributed by atoms with Gasteiger partial charge in [-0.1, -0.05) is 0 Å². The average molecular weight is 508 g/mol. The van der Waals surface area contributed by atoms with E-state index < -0.39 is 57.0 Å². The van der Waals surface area contributed by atoms with Crippen molar-refractivity contribution in [3.05, 3.63) is 45.2 Å². The molecule has 0 unspecified atom stereocenters. The van der Waals surface area contributed by atoms with Gasteiger partial charge in [0.2, 0.25) is 0 Å². The molecule has 13 heteroatoms. The Hall–Kier alpha value is -3.99. The fraction of sp³-hybridized carbons (Fsp3) is 0. The van der Waals surface area contributed by atoms with Gasteiger partial charge in [-0.15, -0.1) is 0 Å². The van der Waals surface area contributed by atoms with Gasteiger partial charge in [0.15, 0.2) is 0 Å². The first kappa shape index (κ1) is 25.0. The summed E-state index contributed by atoms with van der Waals surface area (Å²) in [4.78, 5) is 22.1. The molecule has 0 fully saturated rings. The fourth-order valence-corrected chi connectivity index (χ4v) is 1.87. The van der Waals surface area contributed by atoms with Crippen molar-refractivity contribution >= 4 is 60.7 Å². The Bertz CT molecular complexity index is 1050. The van der Waals surface area contributed by atoms with Gasteiger partial charge in [0.25, 0.3) is 11.8 Å². The summed E-state index contributed by atoms with van der Waals surface area (Å²) >= 11 is 0. The van der Waals surface area contributed by atoms with Crippen molar-refractivity contribution < 1.29 is 19.8 Å². The summed E-state index contributed by atoms with van der Waals surface area (Å²) in [6.07, 6.45) is 0. The topological polar surface area (TPSA) is 247 Å². The van der Waals surface area contributed by atoms with E-state index in [1.165, 1.54) is 36.4 Å². The molecule has 12 nitrogen and oxygen atoms in total. The average Bonchev–Trinajstić information content (AvgIpc) is 3.12. The van der Waals surface area contributed by atoms with E-state index in [-0.39, 0.29) is 48.9 Å². The number of carbonyl (C=O) groups excluding carboxylic acids is 2. The molecule has 0 aromatic heterocycles. The van der Waals surface area contributed by atoms with Crippen LogP contribution in [0.2, 0.25) is 0 Å². The summed E-state index contributed by atoms with van der Waals surface area (Å²) in [6, 6.07) is 8.70. The summed E-state index contributed by atoms with van der Waals surface area (Å²) in [6.45, 7) is 0. The number of rotatable bonds is 0. The Morgan fingerprint density at radius 3 is 1.14 bits per heavy atom. The van der Waals surface area contributed by atoms with Crippen molar-refractivity contribution in [3.8, 4) is 36.4 Å². The smallest absolute Gasteiger partial charge is 0.859 e. The van der Waals surface area contributed by atoms with E-state index in [1.807, 2.05) is 10.6 Å². The molecule has 0 saturated heterocycles. The van der Waals surface area contributed by atoms with Crippen molar-refractivity contribution in [1.82, 2.24) is 10.6 Å². The summed E-state index contributed by atoms with van der Waals surface area (Å²) < 4.78 is 0. The zero-order chi connectivity index (χ0) is 21.4. The number of amides is 2. The second-order valence-corrected chi connectivity index (χ2v) is 4.49. The standard InChI is InChI=1S/2C8H2N4O2.Ba/c2*9-1-4(2-10)6-5(3-11)7(13)12-8(6)14;/h2*13H,(H,12,14);/q;;+2/p-2. The van der Waals surface area contributed by atoms with Gasteiger partial charge in [-0.3, -0.25) is 9.59 Å². The van der Waals surface area contributed by atoms with Crippen molar-refractivity contribution in [2.75, 3.05) is 0 Å². The number of carbonyl (C=O) groups is 2. The maximum atomic E-state index is 11.0. The minimum atomic E-state index is -0.885. The number of nitrogens with one attached hydrogen (secondary N) is 2. The molecule has 0 bridgehead atoms. The molecule has 0 spiro atoms. The second-order valence-electron chi connectivity index (χ2n) is 4.49. The SMILES string of the molecule is N#CC(C#N)=C1C(=O)NC([O-])=C1C#N.N#CC(C#N)=C1C(=O)NC([O-])=C1C#N.[Ba+2]. The van der Waals surface area contributed by atoms with E-state index in [2.05, 4.69) is 0 Å². The predicted octanol–water partition coefficient (Wildman–Crippen LogP) is -3.27. The molecule has 0 aromatic rings. The first-order valence-electron chi connectivity index (χ1n) is 6.66. The van der Waals surface area contributed by atoms with Gasteiger partial charge >= 0.3 is 48.9 Å². The molecule has 2 amide bonds. The van der Waals surface area contributed by atoms with Crippen molar-refractivity contribution in [2.45, 2.75) is 0 Å². The molecular formula is C16H2BaN8O4. The van der Waals surface area contributed by atoms with Gasteiger partial charge in [-0.2, -0.15) is 31.6 Å². The first-order chi connectivity index (χ1) is 13.3. The summed E-state index contributed by atoms with van der Waals surface area (Å²) in [7, 11) is 0. The van der Waals surface area contributed by atoms with Crippen molar-refractivity contribution in [2.24, 2.45) is 0 Å². The molecule has 2 heterocycles. The van der Waals surface area contributed by atoms with Crippen LogP contribution in [0.3, 0.4) is 0 Å². The zero-order valence-electron chi connectivity index (χ0n) is 14.0. The van der Waals surface area contributed by atoms with Crippen LogP contribution in [0.1, 0.15) is 0 Å². The zero-order valence-corrected chi connectivity index (χ0v) is 18.5. The molecule has 0 aromatic carbocycles. The van der Waals surface area contributed by atoms with Gasteiger partial charge in [0, 0.05) is 0 Å². The molecule has 2 aliphatic heterocycles.